The summed E-state index contributed by atoms with van der Waals surface area (Å²) in [7, 11) is 0. The molecule has 0 saturated carbocycles. The summed E-state index contributed by atoms with van der Waals surface area (Å²) in [5, 5.41) is 11.0. The van der Waals surface area contributed by atoms with Crippen LogP contribution < -0.4 is 10.1 Å². The summed E-state index contributed by atoms with van der Waals surface area (Å²) in [5.74, 6) is -0.180. The molecule has 16 heavy (non-hydrogen) atoms. The predicted octanol–water partition coefficient (Wildman–Crippen LogP) is 1.29. The van der Waals surface area contributed by atoms with Crippen LogP contribution in [0.3, 0.4) is 0 Å². The van der Waals surface area contributed by atoms with Crippen LogP contribution in [-0.4, -0.2) is 12.5 Å². The fourth-order valence-electron chi connectivity index (χ4n) is 1.62. The van der Waals surface area contributed by atoms with Gasteiger partial charge in [-0.25, -0.2) is 4.39 Å². The minimum absolute atomic E-state index is 0.207. The lowest BCUT2D eigenvalue weighted by Gasteiger charge is -2.09. The molecule has 1 unspecified atom stereocenters. The number of rotatable bonds is 2. The van der Waals surface area contributed by atoms with Crippen LogP contribution in [0.15, 0.2) is 18.2 Å². The molecule has 0 spiro atoms. The van der Waals surface area contributed by atoms with Gasteiger partial charge in [0.05, 0.1) is 12.1 Å². The van der Waals surface area contributed by atoms with Gasteiger partial charge in [-0.3, -0.25) is 4.79 Å². The molecule has 0 fully saturated rings. The van der Waals surface area contributed by atoms with Gasteiger partial charge in [-0.2, -0.15) is 5.26 Å². The molecular formula is C11H9FN2O2. The molecule has 1 amide bonds. The van der Waals surface area contributed by atoms with Crippen molar-refractivity contribution in [2.24, 2.45) is 0 Å². The molecule has 0 radical (unpaired) electrons. The summed E-state index contributed by atoms with van der Waals surface area (Å²) in [6.07, 6.45) is -0.207. The molecule has 0 bridgehead atoms. The number of fused-ring (bicyclic) bond motifs is 1. The van der Waals surface area contributed by atoms with Crippen molar-refractivity contribution in [2.45, 2.75) is 12.5 Å². The first kappa shape index (κ1) is 10.4. The van der Waals surface area contributed by atoms with Crippen LogP contribution in [0.25, 0.3) is 0 Å². The average molecular weight is 220 g/mol. The van der Waals surface area contributed by atoms with Crippen LogP contribution in [0.4, 0.5) is 4.39 Å². The van der Waals surface area contributed by atoms with E-state index in [4.69, 9.17) is 10.00 Å². The maximum atomic E-state index is 13.0. The Bertz CT molecular complexity index is 468. The SMILES string of the molecule is N#CCC(=O)NC1COc2ccc(F)cc21. The van der Waals surface area contributed by atoms with Crippen LogP contribution in [-0.2, 0) is 4.79 Å². The van der Waals surface area contributed by atoms with Crippen molar-refractivity contribution in [3.8, 4) is 11.8 Å². The number of nitrogens with one attached hydrogen (secondary N) is 1. The van der Waals surface area contributed by atoms with Gasteiger partial charge < -0.3 is 10.1 Å². The third-order valence-electron chi connectivity index (χ3n) is 2.33. The molecule has 1 aliphatic heterocycles. The Morgan fingerprint density at radius 3 is 3.25 bits per heavy atom. The van der Waals surface area contributed by atoms with Gasteiger partial charge >= 0.3 is 0 Å². The molecule has 2 rings (SSSR count). The second-order valence-electron chi connectivity index (χ2n) is 3.45. The minimum atomic E-state index is -0.381. The van der Waals surface area contributed by atoms with Gasteiger partial charge in [0.25, 0.3) is 0 Å². The van der Waals surface area contributed by atoms with E-state index in [2.05, 4.69) is 5.32 Å². The lowest BCUT2D eigenvalue weighted by molar-refractivity contribution is -0.120. The van der Waals surface area contributed by atoms with E-state index in [0.29, 0.717) is 11.3 Å². The van der Waals surface area contributed by atoms with Gasteiger partial charge in [0.2, 0.25) is 5.91 Å². The van der Waals surface area contributed by atoms with E-state index < -0.39 is 0 Å². The van der Waals surface area contributed by atoms with Crippen molar-refractivity contribution in [3.05, 3.63) is 29.6 Å². The first-order valence-electron chi connectivity index (χ1n) is 4.79. The summed E-state index contributed by atoms with van der Waals surface area (Å²) in [4.78, 5) is 11.2. The second kappa shape index (κ2) is 4.19. The summed E-state index contributed by atoms with van der Waals surface area (Å²) in [6.45, 7) is 0.274. The van der Waals surface area contributed by atoms with Crippen molar-refractivity contribution in [2.75, 3.05) is 6.61 Å². The van der Waals surface area contributed by atoms with E-state index in [9.17, 15) is 9.18 Å². The molecule has 0 aliphatic carbocycles. The van der Waals surface area contributed by atoms with Crippen molar-refractivity contribution >= 4 is 5.91 Å². The normalized spacial score (nSPS) is 17.1. The van der Waals surface area contributed by atoms with Crippen molar-refractivity contribution < 1.29 is 13.9 Å². The predicted molar refractivity (Wildman–Crippen MR) is 53.0 cm³/mol. The highest BCUT2D eigenvalue weighted by atomic mass is 19.1. The topological polar surface area (TPSA) is 62.1 Å². The standard InChI is InChI=1S/C11H9FN2O2/c12-7-1-2-10-8(5-7)9(6-16-10)14-11(15)3-4-13/h1-2,5,9H,3,6H2,(H,14,15). The van der Waals surface area contributed by atoms with Crippen molar-refractivity contribution in [1.82, 2.24) is 5.32 Å². The smallest absolute Gasteiger partial charge is 0.234 e. The Kier molecular flexibility index (Phi) is 2.73. The first-order valence-corrected chi connectivity index (χ1v) is 4.79. The van der Waals surface area contributed by atoms with E-state index in [1.807, 2.05) is 0 Å². The highest BCUT2D eigenvalue weighted by Gasteiger charge is 2.25. The molecule has 5 heteroatoms. The molecule has 0 saturated heterocycles. The third kappa shape index (κ3) is 1.96. The molecular weight excluding hydrogens is 211 g/mol. The number of nitriles is 1. The third-order valence-corrected chi connectivity index (χ3v) is 2.33. The second-order valence-corrected chi connectivity index (χ2v) is 3.45. The number of benzene rings is 1. The number of carbonyl (C=O) groups excluding carboxylic acids is 1. The molecule has 1 N–H and O–H groups in total. The molecule has 0 aromatic heterocycles. The number of hydrogen-bond donors (Lipinski definition) is 1. The monoisotopic (exact) mass is 220 g/mol. The highest BCUT2D eigenvalue weighted by molar-refractivity contribution is 5.78. The summed E-state index contributed by atoms with van der Waals surface area (Å²) in [6, 6.07) is 5.55. The number of carbonyl (C=O) groups is 1. The molecule has 1 aromatic rings. The Morgan fingerprint density at radius 2 is 2.50 bits per heavy atom. The van der Waals surface area contributed by atoms with Gasteiger partial charge in [0, 0.05) is 5.56 Å². The van der Waals surface area contributed by atoms with Gasteiger partial charge in [0.15, 0.2) is 0 Å². The van der Waals surface area contributed by atoms with Crippen molar-refractivity contribution in [1.29, 1.82) is 5.26 Å². The lowest BCUT2D eigenvalue weighted by Crippen LogP contribution is -2.28. The Labute approximate surface area is 91.6 Å². The average Bonchev–Trinajstić information content (AvgIpc) is 2.61. The van der Waals surface area contributed by atoms with Gasteiger partial charge in [-0.1, -0.05) is 0 Å². The number of ether oxygens (including phenoxy) is 1. The number of nitrogens with zero attached hydrogens (tertiary/aromatic N) is 1. The Balaban J connectivity index is 2.14. The molecule has 1 atom stereocenters. The van der Waals surface area contributed by atoms with E-state index >= 15 is 0 Å². The zero-order chi connectivity index (χ0) is 11.5. The zero-order valence-corrected chi connectivity index (χ0v) is 8.37. The van der Waals surface area contributed by atoms with Crippen LogP contribution in [0.2, 0.25) is 0 Å². The zero-order valence-electron chi connectivity index (χ0n) is 8.37. The maximum Gasteiger partial charge on any atom is 0.234 e. The quantitative estimate of drug-likeness (QED) is 0.816. The molecule has 1 heterocycles. The van der Waals surface area contributed by atoms with E-state index in [1.165, 1.54) is 18.2 Å². The van der Waals surface area contributed by atoms with Gasteiger partial charge in [-0.05, 0) is 18.2 Å². The first-order chi connectivity index (χ1) is 7.70. The summed E-state index contributed by atoms with van der Waals surface area (Å²) >= 11 is 0. The van der Waals surface area contributed by atoms with Crippen LogP contribution in [0.1, 0.15) is 18.0 Å². The Morgan fingerprint density at radius 1 is 1.69 bits per heavy atom. The highest BCUT2D eigenvalue weighted by Crippen LogP contribution is 2.32. The van der Waals surface area contributed by atoms with E-state index in [0.717, 1.165) is 0 Å². The van der Waals surface area contributed by atoms with Crippen LogP contribution >= 0.6 is 0 Å². The fraction of sp³-hybridized carbons (Fsp3) is 0.273. The van der Waals surface area contributed by atoms with Gasteiger partial charge in [-0.15, -0.1) is 0 Å². The van der Waals surface area contributed by atoms with Crippen LogP contribution in [0.5, 0.6) is 5.75 Å². The van der Waals surface area contributed by atoms with E-state index in [1.54, 1.807) is 6.07 Å². The largest absolute Gasteiger partial charge is 0.491 e. The van der Waals surface area contributed by atoms with Crippen molar-refractivity contribution in [3.63, 3.8) is 0 Å². The lowest BCUT2D eigenvalue weighted by atomic mass is 10.1. The summed E-state index contributed by atoms with van der Waals surface area (Å²) in [5.41, 5.74) is 0.617. The molecule has 82 valence electrons. The molecule has 4 nitrogen and oxygen atoms in total. The summed E-state index contributed by atoms with van der Waals surface area (Å²) < 4.78 is 18.3. The fourth-order valence-corrected chi connectivity index (χ4v) is 1.62. The number of halogens is 1. The van der Waals surface area contributed by atoms with Crippen LogP contribution in [0, 0.1) is 17.1 Å². The minimum Gasteiger partial charge on any atom is -0.491 e. The number of amides is 1. The van der Waals surface area contributed by atoms with E-state index in [-0.39, 0.29) is 30.8 Å². The maximum absolute atomic E-state index is 13.0. The van der Waals surface area contributed by atoms with Gasteiger partial charge in [0.1, 0.15) is 24.6 Å². The molecule has 1 aliphatic rings. The molecule has 1 aromatic carbocycles. The Hall–Kier alpha value is -2.09. The number of hydrogen-bond acceptors (Lipinski definition) is 3.